The van der Waals surface area contributed by atoms with E-state index in [4.69, 9.17) is 0 Å². The molecule has 0 amide bonds. The molecule has 4 aliphatic carbocycles. The van der Waals surface area contributed by atoms with E-state index in [1.807, 2.05) is 0 Å². The number of aliphatic hydroxyl groups is 3. The van der Waals surface area contributed by atoms with Crippen molar-refractivity contribution < 1.29 is 15.3 Å². The Balaban J connectivity index is 1.54. The lowest BCUT2D eigenvalue weighted by Gasteiger charge is -2.60. The minimum Gasteiger partial charge on any atom is -0.395 e. The maximum absolute atomic E-state index is 11.1. The van der Waals surface area contributed by atoms with Gasteiger partial charge in [0.15, 0.2) is 0 Å². The lowest BCUT2D eigenvalue weighted by atomic mass is 9.46. The number of allylic oxidation sites excluding steroid dienone is 2. The maximum atomic E-state index is 11.1. The van der Waals surface area contributed by atoms with Gasteiger partial charge in [-0.3, -0.25) is 0 Å². The first-order chi connectivity index (χ1) is 14.6. The Bertz CT molecular complexity index is 711. The van der Waals surface area contributed by atoms with Crippen LogP contribution in [-0.4, -0.2) is 34.1 Å². The Morgan fingerprint density at radius 1 is 1.16 bits per heavy atom. The zero-order valence-electron chi connectivity index (χ0n) is 20.3. The van der Waals surface area contributed by atoms with Gasteiger partial charge in [0.1, 0.15) is 0 Å². The van der Waals surface area contributed by atoms with Crippen LogP contribution in [0.1, 0.15) is 85.5 Å². The lowest BCUT2D eigenvalue weighted by molar-refractivity contribution is -0.133. The van der Waals surface area contributed by atoms with Gasteiger partial charge in [0.25, 0.3) is 0 Å². The molecule has 31 heavy (non-hydrogen) atoms. The quantitative estimate of drug-likeness (QED) is 0.488. The fourth-order valence-electron chi connectivity index (χ4n) is 8.70. The molecule has 3 nitrogen and oxygen atoms in total. The number of aliphatic hydroxyl groups excluding tert-OH is 3. The summed E-state index contributed by atoms with van der Waals surface area (Å²) in [5.41, 5.74) is 2.39. The Kier molecular flexibility index (Phi) is 6.53. The first-order valence-corrected chi connectivity index (χ1v) is 13.0. The molecule has 3 N–H and O–H groups in total. The molecule has 0 spiro atoms. The van der Waals surface area contributed by atoms with Crippen molar-refractivity contribution in [3.05, 3.63) is 23.8 Å². The number of rotatable bonds is 6. The molecule has 0 aromatic heterocycles. The summed E-state index contributed by atoms with van der Waals surface area (Å²) >= 11 is 0. The van der Waals surface area contributed by atoms with E-state index in [0.717, 1.165) is 36.7 Å². The van der Waals surface area contributed by atoms with Crippen LogP contribution in [0.4, 0.5) is 0 Å². The molecule has 0 saturated heterocycles. The molecular weight excluding hydrogens is 384 g/mol. The minimum atomic E-state index is -0.622. The summed E-state index contributed by atoms with van der Waals surface area (Å²) in [4.78, 5) is 0. The maximum Gasteiger partial charge on any atom is 0.0683 e. The van der Waals surface area contributed by atoms with Gasteiger partial charge >= 0.3 is 0 Å². The summed E-state index contributed by atoms with van der Waals surface area (Å²) in [6.45, 7) is 13.9. The van der Waals surface area contributed by atoms with Crippen molar-refractivity contribution in [1.82, 2.24) is 0 Å². The van der Waals surface area contributed by atoms with E-state index in [1.54, 1.807) is 0 Å². The highest BCUT2D eigenvalue weighted by atomic mass is 16.3. The molecule has 0 bridgehead atoms. The van der Waals surface area contributed by atoms with Crippen molar-refractivity contribution >= 4 is 0 Å². The molecule has 0 aliphatic heterocycles. The third-order valence-electron chi connectivity index (χ3n) is 10.6. The average Bonchev–Trinajstić information content (AvgIpc) is 3.08. The second-order valence-corrected chi connectivity index (χ2v) is 12.2. The molecule has 4 aliphatic rings. The number of fused-ring (bicyclic) bond motifs is 5. The van der Waals surface area contributed by atoms with E-state index in [9.17, 15) is 15.3 Å². The SMILES string of the molecule is C=C(CCC(C)C1CCC2C3CC=C4CC(O)CC(O)C4(CO)C3CCC12C)C(C)C. The van der Waals surface area contributed by atoms with E-state index in [2.05, 4.69) is 40.3 Å². The molecule has 176 valence electrons. The molecule has 9 unspecified atom stereocenters. The van der Waals surface area contributed by atoms with Gasteiger partial charge in [0, 0.05) is 11.8 Å². The first kappa shape index (κ1) is 23.5. The minimum absolute atomic E-state index is 0.0223. The van der Waals surface area contributed by atoms with Crippen molar-refractivity contribution in [2.45, 2.75) is 97.7 Å². The van der Waals surface area contributed by atoms with Crippen LogP contribution in [-0.2, 0) is 0 Å². The summed E-state index contributed by atoms with van der Waals surface area (Å²) in [6.07, 6.45) is 10.6. The van der Waals surface area contributed by atoms with Gasteiger partial charge in [0.05, 0.1) is 18.8 Å². The molecule has 0 radical (unpaired) electrons. The second-order valence-electron chi connectivity index (χ2n) is 12.2. The summed E-state index contributed by atoms with van der Waals surface area (Å²) in [5.74, 6) is 3.67. The Morgan fingerprint density at radius 2 is 1.90 bits per heavy atom. The molecule has 9 atom stereocenters. The van der Waals surface area contributed by atoms with Crippen LogP contribution in [0.2, 0.25) is 0 Å². The normalized spacial score (nSPS) is 45.5. The van der Waals surface area contributed by atoms with Crippen molar-refractivity contribution in [3.63, 3.8) is 0 Å². The fourth-order valence-corrected chi connectivity index (χ4v) is 8.70. The first-order valence-electron chi connectivity index (χ1n) is 13.0. The highest BCUT2D eigenvalue weighted by Gasteiger charge is 2.62. The molecule has 0 heterocycles. The molecule has 0 aromatic carbocycles. The Labute approximate surface area is 190 Å². The zero-order valence-corrected chi connectivity index (χ0v) is 20.3. The zero-order chi connectivity index (χ0) is 22.6. The van der Waals surface area contributed by atoms with Gasteiger partial charge in [-0.2, -0.15) is 0 Å². The number of hydrogen-bond donors (Lipinski definition) is 3. The van der Waals surface area contributed by atoms with E-state index >= 15 is 0 Å². The predicted octanol–water partition coefficient (Wildman–Crippen LogP) is 5.50. The van der Waals surface area contributed by atoms with E-state index in [1.165, 1.54) is 31.3 Å². The molecule has 3 fully saturated rings. The molecule has 3 saturated carbocycles. The molecule has 4 rings (SSSR count). The van der Waals surface area contributed by atoms with Gasteiger partial charge in [-0.15, -0.1) is 0 Å². The standard InChI is InChI=1S/C28H46O3/c1-17(2)18(3)6-7-19(4)23-10-11-24-22-9-8-20-14-21(30)15-26(31)28(20,16-29)25(22)12-13-27(23,24)5/h8,17,19,21-26,29-31H,3,6-7,9-16H2,1-2,4-5H3. The van der Waals surface area contributed by atoms with Crippen molar-refractivity contribution in [3.8, 4) is 0 Å². The van der Waals surface area contributed by atoms with Crippen LogP contribution in [0.25, 0.3) is 0 Å². The van der Waals surface area contributed by atoms with Crippen LogP contribution in [0, 0.1) is 46.3 Å². The summed E-state index contributed by atoms with van der Waals surface area (Å²) in [5, 5.41) is 31.9. The van der Waals surface area contributed by atoms with E-state index < -0.39 is 17.6 Å². The Hall–Kier alpha value is -0.640. The summed E-state index contributed by atoms with van der Waals surface area (Å²) < 4.78 is 0. The average molecular weight is 431 g/mol. The second kappa shape index (κ2) is 8.61. The Morgan fingerprint density at radius 3 is 2.58 bits per heavy atom. The smallest absolute Gasteiger partial charge is 0.0683 e. The monoisotopic (exact) mass is 430 g/mol. The van der Waals surface area contributed by atoms with Gasteiger partial charge in [-0.1, -0.05) is 51.5 Å². The van der Waals surface area contributed by atoms with Crippen LogP contribution in [0.3, 0.4) is 0 Å². The van der Waals surface area contributed by atoms with Crippen LogP contribution in [0.15, 0.2) is 23.8 Å². The van der Waals surface area contributed by atoms with Crippen LogP contribution >= 0.6 is 0 Å². The van der Waals surface area contributed by atoms with Crippen molar-refractivity contribution in [2.24, 2.45) is 46.3 Å². The van der Waals surface area contributed by atoms with Crippen molar-refractivity contribution in [2.75, 3.05) is 6.61 Å². The lowest BCUT2D eigenvalue weighted by Crippen LogP contribution is -2.58. The summed E-state index contributed by atoms with van der Waals surface area (Å²) in [7, 11) is 0. The number of hydrogen-bond acceptors (Lipinski definition) is 3. The fraction of sp³-hybridized carbons (Fsp3) is 0.857. The van der Waals surface area contributed by atoms with E-state index in [-0.39, 0.29) is 6.61 Å². The predicted molar refractivity (Wildman–Crippen MR) is 126 cm³/mol. The molecular formula is C28H46O3. The van der Waals surface area contributed by atoms with Crippen LogP contribution in [0.5, 0.6) is 0 Å². The van der Waals surface area contributed by atoms with Gasteiger partial charge < -0.3 is 15.3 Å². The topological polar surface area (TPSA) is 60.7 Å². The van der Waals surface area contributed by atoms with Gasteiger partial charge in [0.2, 0.25) is 0 Å². The van der Waals surface area contributed by atoms with Crippen molar-refractivity contribution in [1.29, 1.82) is 0 Å². The highest BCUT2D eigenvalue weighted by molar-refractivity contribution is 5.29. The molecule has 3 heteroatoms. The third-order valence-corrected chi connectivity index (χ3v) is 10.6. The largest absolute Gasteiger partial charge is 0.395 e. The van der Waals surface area contributed by atoms with Crippen LogP contribution < -0.4 is 0 Å². The van der Waals surface area contributed by atoms with Gasteiger partial charge in [-0.25, -0.2) is 0 Å². The highest BCUT2D eigenvalue weighted by Crippen LogP contribution is 2.67. The molecule has 0 aromatic rings. The van der Waals surface area contributed by atoms with E-state index in [0.29, 0.717) is 41.9 Å². The third kappa shape index (κ3) is 3.67. The summed E-state index contributed by atoms with van der Waals surface area (Å²) in [6, 6.07) is 0. The van der Waals surface area contributed by atoms with Gasteiger partial charge in [-0.05, 0) is 92.3 Å².